The number of rotatable bonds is 14. The van der Waals surface area contributed by atoms with Crippen LogP contribution < -0.4 is 0 Å². The van der Waals surface area contributed by atoms with Gasteiger partial charge in [0, 0.05) is 47.6 Å². The molecule has 4 aliphatic rings. The molecule has 0 spiro atoms. The second kappa shape index (κ2) is 18.8. The molecule has 9 heteroatoms. The first-order valence-corrected chi connectivity index (χ1v) is 19.8. The van der Waals surface area contributed by atoms with E-state index in [2.05, 4.69) is 13.8 Å². The van der Waals surface area contributed by atoms with E-state index in [0.717, 1.165) is 103 Å². The molecule has 0 radical (unpaired) electrons. The van der Waals surface area contributed by atoms with Crippen molar-refractivity contribution in [2.75, 3.05) is 39.6 Å². The third-order valence-electron chi connectivity index (χ3n) is 12.0. The topological polar surface area (TPSA) is 46.2 Å². The average molecular weight is 719 g/mol. The van der Waals surface area contributed by atoms with Crippen molar-refractivity contribution in [2.45, 2.75) is 128 Å². The smallest absolute Gasteiger partial charge is 0.160 e. The van der Waals surface area contributed by atoms with Crippen LogP contribution in [-0.4, -0.2) is 52.2 Å². The van der Waals surface area contributed by atoms with Gasteiger partial charge in [-0.15, -0.1) is 0 Å². The molecular formula is C42H58F4O5. The van der Waals surface area contributed by atoms with Crippen LogP contribution in [0.1, 0.15) is 125 Å². The minimum atomic E-state index is -0.572. The van der Waals surface area contributed by atoms with Gasteiger partial charge < -0.3 is 23.7 Å². The molecule has 2 aliphatic carbocycles. The lowest BCUT2D eigenvalue weighted by Gasteiger charge is -2.37. The molecule has 2 aliphatic heterocycles. The molecule has 2 aromatic rings. The van der Waals surface area contributed by atoms with Crippen LogP contribution in [0.3, 0.4) is 0 Å². The molecule has 0 bridgehead atoms. The van der Waals surface area contributed by atoms with Crippen molar-refractivity contribution in [3.05, 3.63) is 69.8 Å². The molecule has 0 N–H and O–H groups in total. The SMILES string of the molecule is CCCC1COC(C2CCC(c3cc(F)c(CCOCCc4c(F)cc(C5CCC(C6OCC(CCC)CO6)CC5)cc4F)c(F)c3)CC2)OC1. The molecule has 6 rings (SSSR count). The molecule has 51 heavy (non-hydrogen) atoms. The van der Waals surface area contributed by atoms with E-state index in [4.69, 9.17) is 23.7 Å². The molecule has 0 amide bonds. The van der Waals surface area contributed by atoms with Gasteiger partial charge in [-0.25, -0.2) is 17.6 Å². The van der Waals surface area contributed by atoms with Gasteiger partial charge in [0.1, 0.15) is 23.3 Å². The fraction of sp³-hybridized carbons (Fsp3) is 0.714. The first-order chi connectivity index (χ1) is 24.8. The minimum absolute atomic E-state index is 0.0168. The first kappa shape index (κ1) is 38.7. The van der Waals surface area contributed by atoms with Gasteiger partial charge in [-0.3, -0.25) is 0 Å². The quantitative estimate of drug-likeness (QED) is 0.144. The minimum Gasteiger partial charge on any atom is -0.381 e. The Morgan fingerprint density at radius 2 is 0.863 bits per heavy atom. The summed E-state index contributed by atoms with van der Waals surface area (Å²) in [6.45, 7) is 7.43. The zero-order chi connectivity index (χ0) is 35.7. The zero-order valence-electron chi connectivity index (χ0n) is 30.6. The Morgan fingerprint density at radius 1 is 0.529 bits per heavy atom. The van der Waals surface area contributed by atoms with Gasteiger partial charge in [-0.2, -0.15) is 0 Å². The number of benzene rings is 2. The molecule has 5 nitrogen and oxygen atoms in total. The normalized spacial score (nSPS) is 30.4. The molecule has 2 saturated heterocycles. The van der Waals surface area contributed by atoms with Gasteiger partial charge in [-0.05, 0) is 111 Å². The highest BCUT2D eigenvalue weighted by molar-refractivity contribution is 5.30. The van der Waals surface area contributed by atoms with Crippen molar-refractivity contribution >= 4 is 0 Å². The molecule has 0 unspecified atom stereocenters. The largest absolute Gasteiger partial charge is 0.381 e. The van der Waals surface area contributed by atoms with Crippen LogP contribution in [0.2, 0.25) is 0 Å². The van der Waals surface area contributed by atoms with Gasteiger partial charge >= 0.3 is 0 Å². The van der Waals surface area contributed by atoms with E-state index in [1.165, 1.54) is 24.3 Å². The van der Waals surface area contributed by atoms with E-state index in [9.17, 15) is 0 Å². The second-order valence-corrected chi connectivity index (χ2v) is 15.6. The zero-order valence-corrected chi connectivity index (χ0v) is 30.6. The summed E-state index contributed by atoms with van der Waals surface area (Å²) in [6, 6.07) is 5.85. The number of ether oxygens (including phenoxy) is 5. The Bertz CT molecular complexity index is 1220. The molecule has 2 saturated carbocycles. The lowest BCUT2D eigenvalue weighted by atomic mass is 9.78. The highest BCUT2D eigenvalue weighted by atomic mass is 19.1. The molecule has 2 heterocycles. The van der Waals surface area contributed by atoms with E-state index in [0.29, 0.717) is 34.8 Å². The van der Waals surface area contributed by atoms with E-state index in [1.54, 1.807) is 0 Å². The first-order valence-electron chi connectivity index (χ1n) is 19.8. The van der Waals surface area contributed by atoms with Crippen LogP contribution in [0.25, 0.3) is 0 Å². The van der Waals surface area contributed by atoms with Gasteiger partial charge in [0.05, 0.1) is 39.6 Å². The standard InChI is InChI=1S/C42H58F4O5/c1-3-5-27-23-48-41(49-24-27)31-11-7-29(8-12-31)33-19-37(43)35(38(44)20-33)15-17-47-18-16-36-39(45)21-34(22-40(36)46)30-9-13-32(14-10-30)42-50-25-28(6-4-2)26-51-42/h19-22,27-32,41-42H,3-18,23-26H2,1-2H3. The Morgan fingerprint density at radius 3 is 1.18 bits per heavy atom. The molecule has 284 valence electrons. The van der Waals surface area contributed by atoms with E-state index < -0.39 is 23.3 Å². The summed E-state index contributed by atoms with van der Waals surface area (Å²) in [6.07, 6.45) is 11.2. The predicted octanol–water partition coefficient (Wildman–Crippen LogP) is 10.2. The van der Waals surface area contributed by atoms with E-state index in [-0.39, 0.29) is 61.6 Å². The molecule has 2 aromatic carbocycles. The number of halogens is 4. The monoisotopic (exact) mass is 718 g/mol. The van der Waals surface area contributed by atoms with Crippen LogP contribution in [0.15, 0.2) is 24.3 Å². The predicted molar refractivity (Wildman–Crippen MR) is 189 cm³/mol. The fourth-order valence-electron chi connectivity index (χ4n) is 8.90. The molecule has 0 atom stereocenters. The Kier molecular flexibility index (Phi) is 14.3. The maximum absolute atomic E-state index is 15.1. The number of hydrogen-bond donors (Lipinski definition) is 0. The van der Waals surface area contributed by atoms with E-state index in [1.807, 2.05) is 0 Å². The van der Waals surface area contributed by atoms with Crippen LogP contribution in [-0.2, 0) is 36.5 Å². The van der Waals surface area contributed by atoms with Gasteiger partial charge in [0.25, 0.3) is 0 Å². The van der Waals surface area contributed by atoms with E-state index >= 15 is 17.6 Å². The summed E-state index contributed by atoms with van der Waals surface area (Å²) in [5.74, 6) is -0.513. The lowest BCUT2D eigenvalue weighted by Crippen LogP contribution is -2.38. The summed E-state index contributed by atoms with van der Waals surface area (Å²) in [5, 5.41) is 0. The maximum atomic E-state index is 15.1. The Labute approximate surface area is 302 Å². The lowest BCUT2D eigenvalue weighted by molar-refractivity contribution is -0.229. The van der Waals surface area contributed by atoms with Crippen LogP contribution in [0, 0.1) is 46.9 Å². The molecular weight excluding hydrogens is 660 g/mol. The summed E-state index contributed by atoms with van der Waals surface area (Å²) in [5.41, 5.74) is 1.35. The summed E-state index contributed by atoms with van der Waals surface area (Å²) in [4.78, 5) is 0. The summed E-state index contributed by atoms with van der Waals surface area (Å²) < 4.78 is 90.2. The van der Waals surface area contributed by atoms with Crippen molar-refractivity contribution in [3.63, 3.8) is 0 Å². The number of hydrogen-bond acceptors (Lipinski definition) is 5. The van der Waals surface area contributed by atoms with Gasteiger partial charge in [0.15, 0.2) is 12.6 Å². The van der Waals surface area contributed by atoms with Crippen LogP contribution in [0.5, 0.6) is 0 Å². The van der Waals surface area contributed by atoms with Crippen LogP contribution in [0.4, 0.5) is 17.6 Å². The molecule has 0 aromatic heterocycles. The maximum Gasteiger partial charge on any atom is 0.160 e. The van der Waals surface area contributed by atoms with Crippen molar-refractivity contribution in [1.82, 2.24) is 0 Å². The van der Waals surface area contributed by atoms with Crippen molar-refractivity contribution in [2.24, 2.45) is 23.7 Å². The Balaban J connectivity index is 0.911. The van der Waals surface area contributed by atoms with Crippen molar-refractivity contribution in [3.8, 4) is 0 Å². The highest BCUT2D eigenvalue weighted by Gasteiger charge is 2.35. The third-order valence-corrected chi connectivity index (χ3v) is 12.0. The molecule has 4 fully saturated rings. The van der Waals surface area contributed by atoms with Crippen molar-refractivity contribution < 1.29 is 41.2 Å². The summed E-state index contributed by atoms with van der Waals surface area (Å²) >= 11 is 0. The van der Waals surface area contributed by atoms with Crippen LogP contribution >= 0.6 is 0 Å². The summed E-state index contributed by atoms with van der Waals surface area (Å²) in [7, 11) is 0. The fourth-order valence-corrected chi connectivity index (χ4v) is 8.90. The van der Waals surface area contributed by atoms with Crippen molar-refractivity contribution in [1.29, 1.82) is 0 Å². The average Bonchev–Trinajstić information content (AvgIpc) is 3.14. The third kappa shape index (κ3) is 10.1. The highest BCUT2D eigenvalue weighted by Crippen LogP contribution is 2.41. The van der Waals surface area contributed by atoms with Gasteiger partial charge in [-0.1, -0.05) is 26.7 Å². The Hall–Kier alpha value is -2.04. The second-order valence-electron chi connectivity index (χ2n) is 15.6. The van der Waals surface area contributed by atoms with Gasteiger partial charge in [0.2, 0.25) is 0 Å².